The van der Waals surface area contributed by atoms with Crippen LogP contribution in [0.5, 0.6) is 11.5 Å². The Morgan fingerprint density at radius 1 is 1.25 bits per heavy atom. The molecule has 0 amide bonds. The molecule has 12 heavy (non-hydrogen) atoms. The normalized spacial score (nSPS) is 10.2. The van der Waals surface area contributed by atoms with Crippen molar-refractivity contribution in [3.05, 3.63) is 23.5 Å². The number of hydroxylamine groups is 1. The van der Waals surface area contributed by atoms with Crippen LogP contribution >= 0.6 is 0 Å². The molecule has 5 heteroatoms. The zero-order chi connectivity index (χ0) is 9.14. The summed E-state index contributed by atoms with van der Waals surface area (Å²) in [6.45, 7) is -0.0559. The SMILES string of the molecule is ONCc1cc(O)c(F)cc1O. The molecule has 1 aromatic rings. The molecule has 0 bridgehead atoms. The van der Waals surface area contributed by atoms with Crippen LogP contribution in [0.25, 0.3) is 0 Å². The molecule has 0 aliphatic heterocycles. The molecule has 0 radical (unpaired) electrons. The Kier molecular flexibility index (Phi) is 2.47. The van der Waals surface area contributed by atoms with Gasteiger partial charge in [0.1, 0.15) is 5.75 Å². The lowest BCUT2D eigenvalue weighted by molar-refractivity contribution is 0.160. The van der Waals surface area contributed by atoms with Crippen LogP contribution in [0, 0.1) is 5.82 Å². The van der Waals surface area contributed by atoms with Crippen LogP contribution in [-0.4, -0.2) is 15.4 Å². The van der Waals surface area contributed by atoms with Gasteiger partial charge in [0.15, 0.2) is 11.6 Å². The first-order valence-corrected chi connectivity index (χ1v) is 3.22. The summed E-state index contributed by atoms with van der Waals surface area (Å²) in [5.41, 5.74) is 2.00. The van der Waals surface area contributed by atoms with Crippen LogP contribution < -0.4 is 5.48 Å². The third-order valence-electron chi connectivity index (χ3n) is 1.42. The van der Waals surface area contributed by atoms with Crippen molar-refractivity contribution in [2.75, 3.05) is 0 Å². The lowest BCUT2D eigenvalue weighted by Gasteiger charge is -2.03. The van der Waals surface area contributed by atoms with E-state index in [9.17, 15) is 4.39 Å². The molecular weight excluding hydrogens is 165 g/mol. The average molecular weight is 173 g/mol. The second-order valence-corrected chi connectivity index (χ2v) is 2.27. The first-order chi connectivity index (χ1) is 5.65. The molecule has 1 aromatic carbocycles. The van der Waals surface area contributed by atoms with Crippen LogP contribution in [-0.2, 0) is 6.54 Å². The zero-order valence-electron chi connectivity index (χ0n) is 6.08. The molecule has 0 unspecified atom stereocenters. The monoisotopic (exact) mass is 173 g/mol. The highest BCUT2D eigenvalue weighted by Crippen LogP contribution is 2.25. The average Bonchev–Trinajstić information content (AvgIpc) is 2.01. The topological polar surface area (TPSA) is 72.7 Å². The third kappa shape index (κ3) is 1.63. The van der Waals surface area contributed by atoms with E-state index in [1.807, 2.05) is 0 Å². The summed E-state index contributed by atoms with van der Waals surface area (Å²) in [5.74, 6) is -1.76. The van der Waals surface area contributed by atoms with E-state index in [2.05, 4.69) is 0 Å². The minimum Gasteiger partial charge on any atom is -0.508 e. The summed E-state index contributed by atoms with van der Waals surface area (Å²) < 4.78 is 12.5. The molecule has 4 N–H and O–H groups in total. The molecule has 0 spiro atoms. The number of rotatable bonds is 2. The first-order valence-electron chi connectivity index (χ1n) is 3.22. The van der Waals surface area contributed by atoms with Crippen molar-refractivity contribution in [2.24, 2.45) is 0 Å². The quantitative estimate of drug-likeness (QED) is 0.392. The summed E-state index contributed by atoms with van der Waals surface area (Å²) in [4.78, 5) is 0. The van der Waals surface area contributed by atoms with Crippen LogP contribution in [0.2, 0.25) is 0 Å². The number of aromatic hydroxyl groups is 2. The van der Waals surface area contributed by atoms with E-state index in [0.717, 1.165) is 12.1 Å². The number of halogens is 1. The fraction of sp³-hybridized carbons (Fsp3) is 0.143. The van der Waals surface area contributed by atoms with E-state index in [-0.39, 0.29) is 17.9 Å². The van der Waals surface area contributed by atoms with Gasteiger partial charge in [0.2, 0.25) is 0 Å². The van der Waals surface area contributed by atoms with Gasteiger partial charge in [-0.25, -0.2) is 9.87 Å². The van der Waals surface area contributed by atoms with E-state index in [0.29, 0.717) is 0 Å². The summed E-state index contributed by atoms with van der Waals surface area (Å²) in [6, 6.07) is 1.82. The Labute approximate surface area is 67.8 Å². The van der Waals surface area contributed by atoms with Crippen molar-refractivity contribution in [2.45, 2.75) is 6.54 Å². The summed E-state index contributed by atoms with van der Waals surface area (Å²) in [6.07, 6.45) is 0. The van der Waals surface area contributed by atoms with Gasteiger partial charge in [-0.3, -0.25) is 0 Å². The van der Waals surface area contributed by atoms with Crippen molar-refractivity contribution in [1.29, 1.82) is 0 Å². The van der Waals surface area contributed by atoms with E-state index in [4.69, 9.17) is 15.4 Å². The van der Waals surface area contributed by atoms with Crippen LogP contribution in [0.3, 0.4) is 0 Å². The smallest absolute Gasteiger partial charge is 0.168 e. The third-order valence-corrected chi connectivity index (χ3v) is 1.42. The lowest BCUT2D eigenvalue weighted by atomic mass is 10.2. The van der Waals surface area contributed by atoms with Crippen molar-refractivity contribution >= 4 is 0 Å². The molecule has 0 aliphatic rings. The summed E-state index contributed by atoms with van der Waals surface area (Å²) in [7, 11) is 0. The predicted molar refractivity (Wildman–Crippen MR) is 38.4 cm³/mol. The fourth-order valence-corrected chi connectivity index (χ4v) is 0.821. The Morgan fingerprint density at radius 3 is 2.50 bits per heavy atom. The van der Waals surface area contributed by atoms with Gasteiger partial charge in [-0.2, -0.15) is 0 Å². The number of nitrogens with one attached hydrogen (secondary N) is 1. The minimum atomic E-state index is -0.894. The van der Waals surface area contributed by atoms with Crippen molar-refractivity contribution < 1.29 is 19.8 Å². The maximum atomic E-state index is 12.5. The Bertz CT molecular complexity index is 290. The molecule has 0 aromatic heterocycles. The van der Waals surface area contributed by atoms with Gasteiger partial charge < -0.3 is 15.4 Å². The Balaban J connectivity index is 3.05. The minimum absolute atomic E-state index is 0.0559. The molecule has 0 saturated carbocycles. The molecule has 0 saturated heterocycles. The van der Waals surface area contributed by atoms with Gasteiger partial charge in [-0.15, -0.1) is 0 Å². The lowest BCUT2D eigenvalue weighted by Crippen LogP contribution is -2.06. The second-order valence-electron chi connectivity index (χ2n) is 2.27. The molecule has 1 rings (SSSR count). The van der Waals surface area contributed by atoms with Crippen LogP contribution in [0.1, 0.15) is 5.56 Å². The van der Waals surface area contributed by atoms with Gasteiger partial charge in [0, 0.05) is 18.2 Å². The second kappa shape index (κ2) is 3.38. The maximum absolute atomic E-state index is 12.5. The first kappa shape index (κ1) is 8.76. The van der Waals surface area contributed by atoms with Crippen molar-refractivity contribution in [3.8, 4) is 11.5 Å². The van der Waals surface area contributed by atoms with E-state index in [1.54, 1.807) is 5.48 Å². The molecule has 0 aliphatic carbocycles. The number of benzene rings is 1. The highest BCUT2D eigenvalue weighted by Gasteiger charge is 2.07. The van der Waals surface area contributed by atoms with Crippen molar-refractivity contribution in [3.63, 3.8) is 0 Å². The Hall–Kier alpha value is -1.33. The molecular formula is C7H8FNO3. The highest BCUT2D eigenvalue weighted by atomic mass is 19.1. The molecule has 0 heterocycles. The molecule has 0 fully saturated rings. The molecule has 4 nitrogen and oxygen atoms in total. The summed E-state index contributed by atoms with van der Waals surface area (Å²) >= 11 is 0. The standard InChI is InChI=1S/C7H8FNO3/c8-5-2-6(10)4(3-9-12)1-7(5)11/h1-2,9-12H,3H2. The van der Waals surface area contributed by atoms with E-state index < -0.39 is 11.6 Å². The van der Waals surface area contributed by atoms with Gasteiger partial charge in [0.05, 0.1) is 0 Å². The number of hydrogen-bond donors (Lipinski definition) is 4. The predicted octanol–water partition coefficient (Wildman–Crippen LogP) is 0.716. The van der Waals surface area contributed by atoms with Gasteiger partial charge in [-0.05, 0) is 6.07 Å². The largest absolute Gasteiger partial charge is 0.508 e. The zero-order valence-corrected chi connectivity index (χ0v) is 6.08. The van der Waals surface area contributed by atoms with E-state index in [1.165, 1.54) is 0 Å². The number of hydrogen-bond acceptors (Lipinski definition) is 4. The van der Waals surface area contributed by atoms with E-state index >= 15 is 0 Å². The molecule has 0 atom stereocenters. The van der Waals surface area contributed by atoms with Gasteiger partial charge >= 0.3 is 0 Å². The fourth-order valence-electron chi connectivity index (χ4n) is 0.821. The Morgan fingerprint density at radius 2 is 1.92 bits per heavy atom. The maximum Gasteiger partial charge on any atom is 0.168 e. The number of phenolic OH excluding ortho intramolecular Hbond substituents is 2. The number of phenols is 2. The van der Waals surface area contributed by atoms with Gasteiger partial charge in [-0.1, -0.05) is 0 Å². The highest BCUT2D eigenvalue weighted by molar-refractivity contribution is 5.39. The van der Waals surface area contributed by atoms with Crippen LogP contribution in [0.4, 0.5) is 4.39 Å². The van der Waals surface area contributed by atoms with Crippen LogP contribution in [0.15, 0.2) is 12.1 Å². The van der Waals surface area contributed by atoms with Gasteiger partial charge in [0.25, 0.3) is 0 Å². The molecule has 66 valence electrons. The van der Waals surface area contributed by atoms with Crippen molar-refractivity contribution in [1.82, 2.24) is 5.48 Å². The summed E-state index contributed by atoms with van der Waals surface area (Å²) in [5, 5.41) is 26.2.